The van der Waals surface area contributed by atoms with Gasteiger partial charge in [-0.05, 0) is 19.3 Å². The van der Waals surface area contributed by atoms with E-state index in [1.807, 2.05) is 35.2 Å². The van der Waals surface area contributed by atoms with E-state index in [1.165, 1.54) is 0 Å². The van der Waals surface area contributed by atoms with Gasteiger partial charge in [0.1, 0.15) is 5.69 Å². The Balaban J connectivity index is 1.37. The summed E-state index contributed by atoms with van der Waals surface area (Å²) < 4.78 is 5.24. The molecule has 4 rings (SSSR count). The van der Waals surface area contributed by atoms with E-state index in [9.17, 15) is 14.7 Å². The molecule has 8 heteroatoms. The van der Waals surface area contributed by atoms with Gasteiger partial charge in [-0.15, -0.1) is 0 Å². The molecule has 0 bridgehead atoms. The minimum Gasteiger partial charge on any atom is -0.389 e. The van der Waals surface area contributed by atoms with Crippen LogP contribution in [0.4, 0.5) is 0 Å². The molecule has 1 aliphatic carbocycles. The lowest BCUT2D eigenvalue weighted by molar-refractivity contribution is -0.131. The van der Waals surface area contributed by atoms with Crippen LogP contribution < -0.4 is 5.32 Å². The number of piperazine rings is 1. The standard InChI is InChI=1S/C22H28N4O4/c1-15(27)25-10-12-26(13-11-25)19-9-5-8-17(21(19)28)23-22(29)20-14-18(24-30-20)16-6-3-2-4-7-16/h2-4,6-7,14,17,19,21,28H,5,8-13H2,1H3,(H,23,29)/t17-,19-,21-/m1/s1. The molecule has 2 N–H and O–H groups in total. The summed E-state index contributed by atoms with van der Waals surface area (Å²) >= 11 is 0. The van der Waals surface area contributed by atoms with Crippen molar-refractivity contribution in [3.05, 3.63) is 42.2 Å². The van der Waals surface area contributed by atoms with Gasteiger partial charge in [0.25, 0.3) is 5.91 Å². The predicted octanol–water partition coefficient (Wildman–Crippen LogP) is 1.52. The Kier molecular flexibility index (Phi) is 6.15. The zero-order chi connectivity index (χ0) is 21.1. The average molecular weight is 412 g/mol. The topological polar surface area (TPSA) is 98.9 Å². The minimum absolute atomic E-state index is 0.0206. The molecule has 8 nitrogen and oxygen atoms in total. The van der Waals surface area contributed by atoms with Crippen molar-refractivity contribution in [1.29, 1.82) is 0 Å². The molecule has 2 fully saturated rings. The van der Waals surface area contributed by atoms with E-state index in [1.54, 1.807) is 13.0 Å². The van der Waals surface area contributed by atoms with E-state index < -0.39 is 6.10 Å². The van der Waals surface area contributed by atoms with Gasteiger partial charge in [-0.3, -0.25) is 14.5 Å². The van der Waals surface area contributed by atoms with Crippen molar-refractivity contribution in [1.82, 2.24) is 20.3 Å². The first kappa shape index (κ1) is 20.6. The van der Waals surface area contributed by atoms with Gasteiger partial charge in [0.2, 0.25) is 11.7 Å². The van der Waals surface area contributed by atoms with E-state index in [0.29, 0.717) is 18.8 Å². The van der Waals surface area contributed by atoms with Crippen LogP contribution in [0.25, 0.3) is 11.3 Å². The summed E-state index contributed by atoms with van der Waals surface area (Å²) in [6.07, 6.45) is 1.86. The SMILES string of the molecule is CC(=O)N1CCN([C@@H]2CCC[C@@H](NC(=O)c3cc(-c4ccccc4)no3)[C@H]2O)CC1. The van der Waals surface area contributed by atoms with Crippen LogP contribution in [0.3, 0.4) is 0 Å². The number of hydrogen-bond acceptors (Lipinski definition) is 6. The molecule has 1 aromatic carbocycles. The average Bonchev–Trinajstić information content (AvgIpc) is 3.26. The van der Waals surface area contributed by atoms with Crippen LogP contribution in [0.15, 0.2) is 40.9 Å². The molecule has 0 unspecified atom stereocenters. The highest BCUT2D eigenvalue weighted by Crippen LogP contribution is 2.26. The summed E-state index contributed by atoms with van der Waals surface area (Å²) in [6, 6.07) is 10.8. The Morgan fingerprint density at radius 1 is 1.13 bits per heavy atom. The zero-order valence-electron chi connectivity index (χ0n) is 17.2. The third kappa shape index (κ3) is 4.39. The maximum atomic E-state index is 12.7. The van der Waals surface area contributed by atoms with Gasteiger partial charge in [-0.1, -0.05) is 35.5 Å². The summed E-state index contributed by atoms with van der Waals surface area (Å²) in [5.74, 6) is -0.139. The monoisotopic (exact) mass is 412 g/mol. The maximum absolute atomic E-state index is 12.7. The molecule has 2 heterocycles. The van der Waals surface area contributed by atoms with Crippen molar-refractivity contribution in [3.8, 4) is 11.3 Å². The van der Waals surface area contributed by atoms with Gasteiger partial charge in [0.05, 0.1) is 12.1 Å². The van der Waals surface area contributed by atoms with Crippen LogP contribution in [0.2, 0.25) is 0 Å². The van der Waals surface area contributed by atoms with Gasteiger partial charge >= 0.3 is 0 Å². The number of aromatic nitrogens is 1. The van der Waals surface area contributed by atoms with Gasteiger partial charge < -0.3 is 19.8 Å². The van der Waals surface area contributed by atoms with Crippen LogP contribution in [-0.4, -0.2) is 76.2 Å². The molecule has 2 aliphatic rings. The second kappa shape index (κ2) is 8.97. The van der Waals surface area contributed by atoms with Crippen molar-refractivity contribution < 1.29 is 19.2 Å². The molecule has 0 radical (unpaired) electrons. The number of aliphatic hydroxyl groups excluding tert-OH is 1. The van der Waals surface area contributed by atoms with Crippen molar-refractivity contribution in [2.24, 2.45) is 0 Å². The molecule has 1 aliphatic heterocycles. The lowest BCUT2D eigenvalue weighted by Crippen LogP contribution is -2.60. The number of benzene rings is 1. The van der Waals surface area contributed by atoms with Crippen molar-refractivity contribution in [2.45, 2.75) is 44.4 Å². The van der Waals surface area contributed by atoms with Gasteiger partial charge in [0.15, 0.2) is 0 Å². The van der Waals surface area contributed by atoms with Crippen molar-refractivity contribution >= 4 is 11.8 Å². The van der Waals surface area contributed by atoms with E-state index in [4.69, 9.17) is 4.52 Å². The van der Waals surface area contributed by atoms with Crippen LogP contribution in [0.1, 0.15) is 36.7 Å². The summed E-state index contributed by atoms with van der Waals surface area (Å²) in [5.41, 5.74) is 1.48. The lowest BCUT2D eigenvalue weighted by atomic mass is 9.86. The quantitative estimate of drug-likeness (QED) is 0.790. The highest BCUT2D eigenvalue weighted by atomic mass is 16.5. The smallest absolute Gasteiger partial charge is 0.290 e. The Labute approximate surface area is 175 Å². The molecule has 1 aromatic heterocycles. The number of carbonyl (C=O) groups is 2. The van der Waals surface area contributed by atoms with Gasteiger partial charge in [0, 0.05) is 50.8 Å². The Morgan fingerprint density at radius 3 is 2.57 bits per heavy atom. The first-order valence-electron chi connectivity index (χ1n) is 10.5. The second-order valence-corrected chi connectivity index (χ2v) is 8.05. The largest absolute Gasteiger partial charge is 0.389 e. The Hall–Kier alpha value is -2.71. The molecular weight excluding hydrogens is 384 g/mol. The van der Waals surface area contributed by atoms with Crippen LogP contribution in [0.5, 0.6) is 0 Å². The Morgan fingerprint density at radius 2 is 1.87 bits per heavy atom. The number of nitrogens with one attached hydrogen (secondary N) is 1. The van der Waals surface area contributed by atoms with E-state index in [-0.39, 0.29) is 29.7 Å². The molecule has 30 heavy (non-hydrogen) atoms. The van der Waals surface area contributed by atoms with Gasteiger partial charge in [-0.2, -0.15) is 0 Å². The van der Waals surface area contributed by atoms with Crippen LogP contribution in [-0.2, 0) is 4.79 Å². The number of hydrogen-bond donors (Lipinski definition) is 2. The summed E-state index contributed by atoms with van der Waals surface area (Å²) in [6.45, 7) is 4.42. The van der Waals surface area contributed by atoms with Crippen LogP contribution in [0, 0.1) is 0 Å². The summed E-state index contributed by atoms with van der Waals surface area (Å²) in [5, 5.41) is 17.9. The molecule has 2 amide bonds. The number of aliphatic hydroxyl groups is 1. The van der Waals surface area contributed by atoms with E-state index >= 15 is 0 Å². The zero-order valence-corrected chi connectivity index (χ0v) is 17.2. The summed E-state index contributed by atoms with van der Waals surface area (Å²) in [4.78, 5) is 28.3. The molecule has 1 saturated heterocycles. The first-order chi connectivity index (χ1) is 14.5. The fraction of sp³-hybridized carbons (Fsp3) is 0.500. The normalized spacial score (nSPS) is 25.1. The molecule has 3 atom stereocenters. The number of carbonyl (C=O) groups excluding carboxylic acids is 2. The summed E-state index contributed by atoms with van der Waals surface area (Å²) in [7, 11) is 0. The maximum Gasteiger partial charge on any atom is 0.290 e. The third-order valence-corrected chi connectivity index (χ3v) is 6.17. The number of nitrogens with zero attached hydrogens (tertiary/aromatic N) is 3. The fourth-order valence-electron chi connectivity index (χ4n) is 4.45. The van der Waals surface area contributed by atoms with Crippen molar-refractivity contribution in [3.63, 3.8) is 0 Å². The fourth-order valence-corrected chi connectivity index (χ4v) is 4.45. The lowest BCUT2D eigenvalue weighted by Gasteiger charge is -2.44. The van der Waals surface area contributed by atoms with E-state index in [2.05, 4.69) is 15.4 Å². The molecular formula is C22H28N4O4. The van der Waals surface area contributed by atoms with Crippen LogP contribution >= 0.6 is 0 Å². The second-order valence-electron chi connectivity index (χ2n) is 8.05. The van der Waals surface area contributed by atoms with Gasteiger partial charge in [-0.25, -0.2) is 0 Å². The van der Waals surface area contributed by atoms with E-state index in [0.717, 1.165) is 37.9 Å². The minimum atomic E-state index is -0.664. The highest BCUT2D eigenvalue weighted by Gasteiger charge is 2.38. The third-order valence-electron chi connectivity index (χ3n) is 6.17. The van der Waals surface area contributed by atoms with Crippen molar-refractivity contribution in [2.75, 3.05) is 26.2 Å². The number of amides is 2. The molecule has 2 aromatic rings. The molecule has 1 saturated carbocycles. The predicted molar refractivity (Wildman–Crippen MR) is 111 cm³/mol. The number of rotatable bonds is 4. The Bertz CT molecular complexity index is 876. The highest BCUT2D eigenvalue weighted by molar-refractivity contribution is 5.92. The molecule has 0 spiro atoms. The first-order valence-corrected chi connectivity index (χ1v) is 10.5. The molecule has 160 valence electrons.